The Morgan fingerprint density at radius 1 is 0.763 bits per heavy atom. The minimum Gasteiger partial charge on any atom is -0.453 e. The number of hydrogen-bond acceptors (Lipinski definition) is 7. The van der Waals surface area contributed by atoms with Gasteiger partial charge in [-0.25, -0.2) is 13.6 Å². The second kappa shape index (κ2) is 18.0. The van der Waals surface area contributed by atoms with E-state index in [1.807, 2.05) is 31.1 Å². The van der Waals surface area contributed by atoms with Gasteiger partial charge in [0, 0.05) is 55.0 Å². The van der Waals surface area contributed by atoms with Crippen molar-refractivity contribution in [3.63, 3.8) is 0 Å². The van der Waals surface area contributed by atoms with Crippen molar-refractivity contribution in [3.05, 3.63) is 72.1 Å². The third-order valence-corrected chi connectivity index (χ3v) is 13.0. The molecule has 13 heteroatoms. The van der Waals surface area contributed by atoms with Gasteiger partial charge in [0.15, 0.2) is 0 Å². The molecule has 3 fully saturated rings. The van der Waals surface area contributed by atoms with Gasteiger partial charge in [-0.15, -0.1) is 0 Å². The number of carbonyl (C=O) groups is 4. The molecule has 7 rings (SSSR count). The molecule has 0 aromatic heterocycles. The number of allylic oxidation sites excluding steroid dienone is 2. The Kier molecular flexibility index (Phi) is 12.8. The number of nitrogens with one attached hydrogen (secondary N) is 3. The van der Waals surface area contributed by atoms with Gasteiger partial charge >= 0.3 is 6.09 Å². The van der Waals surface area contributed by atoms with Crippen molar-refractivity contribution >= 4 is 46.4 Å². The van der Waals surface area contributed by atoms with Gasteiger partial charge in [-0.05, 0) is 89.2 Å². The lowest BCUT2D eigenvalue weighted by Gasteiger charge is -2.32. The Morgan fingerprint density at radius 2 is 1.32 bits per heavy atom. The van der Waals surface area contributed by atoms with E-state index in [1.54, 1.807) is 13.8 Å². The maximum atomic E-state index is 13.8. The molecule has 3 N–H and O–H groups in total. The number of benzene rings is 2. The van der Waals surface area contributed by atoms with E-state index in [0.717, 1.165) is 76.9 Å². The fourth-order valence-electron chi connectivity index (χ4n) is 9.88. The molecule has 2 aliphatic carbocycles. The predicted molar refractivity (Wildman–Crippen MR) is 224 cm³/mol. The van der Waals surface area contributed by atoms with Crippen molar-refractivity contribution in [2.45, 2.75) is 97.2 Å². The number of amides is 4. The molecular weight excluding hydrogens is 755 g/mol. The highest BCUT2D eigenvalue weighted by molar-refractivity contribution is 6.04. The molecule has 0 radical (unpaired) electrons. The molecule has 2 bridgehead atoms. The monoisotopic (exact) mass is 810 g/mol. The van der Waals surface area contributed by atoms with Crippen molar-refractivity contribution in [1.29, 1.82) is 0 Å². The summed E-state index contributed by atoms with van der Waals surface area (Å²) in [5.74, 6) is -0.959. The average molecular weight is 811 g/mol. The number of ether oxygens (including phenoxy) is 1. The second-order valence-corrected chi connectivity index (χ2v) is 17.4. The minimum atomic E-state index is -2.66. The zero-order chi connectivity index (χ0) is 42.0. The number of rotatable bonds is 14. The summed E-state index contributed by atoms with van der Waals surface area (Å²) in [6.45, 7) is 7.31. The zero-order valence-electron chi connectivity index (χ0n) is 34.5. The van der Waals surface area contributed by atoms with Crippen molar-refractivity contribution in [2.24, 2.45) is 45.5 Å². The summed E-state index contributed by atoms with van der Waals surface area (Å²) < 4.78 is 30.4. The molecule has 4 amide bonds. The number of aliphatic imine (C=N–C) groups is 2. The van der Waals surface area contributed by atoms with Crippen LogP contribution < -0.4 is 16.0 Å². The number of halogens is 2. The Morgan fingerprint density at radius 3 is 1.90 bits per heavy atom. The van der Waals surface area contributed by atoms with Crippen molar-refractivity contribution in [2.75, 3.05) is 20.2 Å². The summed E-state index contributed by atoms with van der Waals surface area (Å²) in [6.07, 6.45) is 6.55. The molecule has 5 aliphatic rings. The number of likely N-dealkylation sites (tertiary alicyclic amines) is 1. The van der Waals surface area contributed by atoms with Crippen LogP contribution in [0.25, 0.3) is 22.3 Å². The smallest absolute Gasteiger partial charge is 0.407 e. The first-order valence-corrected chi connectivity index (χ1v) is 21.1. The van der Waals surface area contributed by atoms with Gasteiger partial charge in [0.2, 0.25) is 17.7 Å². The molecule has 2 aromatic rings. The van der Waals surface area contributed by atoms with Gasteiger partial charge in [0.05, 0.1) is 19.7 Å². The Balaban J connectivity index is 0.943. The molecule has 11 nitrogen and oxygen atoms in total. The minimum absolute atomic E-state index is 0.0131. The lowest BCUT2D eigenvalue weighted by atomic mass is 9.74. The fourth-order valence-corrected chi connectivity index (χ4v) is 9.88. The van der Waals surface area contributed by atoms with Crippen LogP contribution in [0.5, 0.6) is 0 Å². The number of nitrogens with zero attached hydrogens (tertiary/aromatic N) is 3. The fraction of sp³-hybridized carbons (Fsp3) is 0.522. The first-order chi connectivity index (χ1) is 28.3. The molecule has 3 heterocycles. The van der Waals surface area contributed by atoms with Crippen molar-refractivity contribution < 1.29 is 32.7 Å². The van der Waals surface area contributed by atoms with Crippen molar-refractivity contribution in [3.8, 4) is 11.1 Å². The summed E-state index contributed by atoms with van der Waals surface area (Å²) in [4.78, 5) is 63.6. The second-order valence-electron chi connectivity index (χ2n) is 17.4. The lowest BCUT2D eigenvalue weighted by Crippen LogP contribution is -2.53. The van der Waals surface area contributed by atoms with Crippen LogP contribution in [0.1, 0.15) is 83.8 Å². The van der Waals surface area contributed by atoms with Crippen LogP contribution in [-0.2, 0) is 19.1 Å². The van der Waals surface area contributed by atoms with Crippen LogP contribution in [0.4, 0.5) is 13.6 Å². The Bertz CT molecular complexity index is 2040. The van der Waals surface area contributed by atoms with Crippen LogP contribution >= 0.6 is 0 Å². The average Bonchev–Trinajstić information content (AvgIpc) is 4.09. The third kappa shape index (κ3) is 9.04. The topological polar surface area (TPSA) is 142 Å². The molecule has 0 spiro atoms. The summed E-state index contributed by atoms with van der Waals surface area (Å²) in [6, 6.07) is 15.3. The maximum absolute atomic E-state index is 13.8. The number of alkyl carbamates (subject to hydrolysis) is 1. The molecule has 2 aromatic carbocycles. The molecule has 3 aliphatic heterocycles. The summed E-state index contributed by atoms with van der Waals surface area (Å²) in [5.41, 5.74) is 8.49. The van der Waals surface area contributed by atoms with Gasteiger partial charge < -0.3 is 25.6 Å². The largest absolute Gasteiger partial charge is 0.453 e. The highest BCUT2D eigenvalue weighted by Gasteiger charge is 2.53. The first kappa shape index (κ1) is 41.9. The van der Waals surface area contributed by atoms with E-state index in [9.17, 15) is 28.0 Å². The van der Waals surface area contributed by atoms with E-state index in [-0.39, 0.29) is 47.4 Å². The van der Waals surface area contributed by atoms with E-state index in [1.165, 1.54) is 7.11 Å². The summed E-state index contributed by atoms with van der Waals surface area (Å²) in [5, 5.41) is 7.92. The van der Waals surface area contributed by atoms with E-state index < -0.39 is 37.1 Å². The van der Waals surface area contributed by atoms with E-state index in [4.69, 9.17) is 14.7 Å². The lowest BCUT2D eigenvalue weighted by molar-refractivity contribution is -0.134. The maximum Gasteiger partial charge on any atom is 0.407 e. The Hall–Kier alpha value is -5.20. The van der Waals surface area contributed by atoms with Gasteiger partial charge in [-0.1, -0.05) is 76.2 Å². The summed E-state index contributed by atoms with van der Waals surface area (Å²) >= 11 is 0. The van der Waals surface area contributed by atoms with Gasteiger partial charge in [-0.2, -0.15) is 0 Å². The molecule has 3 unspecified atom stereocenters. The summed E-state index contributed by atoms with van der Waals surface area (Å²) in [7, 11) is 1.29. The van der Waals surface area contributed by atoms with Gasteiger partial charge in [0.1, 0.15) is 12.1 Å². The normalized spacial score (nSPS) is 24.5. The van der Waals surface area contributed by atoms with Crippen LogP contribution in [0.2, 0.25) is 0 Å². The third-order valence-electron chi connectivity index (χ3n) is 13.0. The Labute approximate surface area is 345 Å². The molecule has 314 valence electrons. The SMILES string of the molecule is COC(=O)N[C@H](C(=O)N1CCC[C@H]1C1=NC=C(c2ccc(-c3ccc(C4=CN=C(C5C6CCC(C6)[C@H]5C(=O)N[C@@H](C(=O)NCC(F)F)C(C)C)C4)cc3)cc2)C1)C(C)C. The molecule has 7 atom stereocenters. The van der Waals surface area contributed by atoms with Crippen LogP contribution in [0.3, 0.4) is 0 Å². The first-order valence-electron chi connectivity index (χ1n) is 21.1. The highest BCUT2D eigenvalue weighted by Crippen LogP contribution is 2.54. The van der Waals surface area contributed by atoms with E-state index in [2.05, 4.69) is 64.5 Å². The van der Waals surface area contributed by atoms with E-state index >= 15 is 0 Å². The van der Waals surface area contributed by atoms with Crippen LogP contribution in [0.15, 0.2) is 70.9 Å². The van der Waals surface area contributed by atoms with Gasteiger partial charge in [0.25, 0.3) is 6.43 Å². The van der Waals surface area contributed by atoms with Crippen LogP contribution in [0, 0.1) is 35.5 Å². The number of carbonyl (C=O) groups excluding carboxylic acids is 4. The van der Waals surface area contributed by atoms with Gasteiger partial charge in [-0.3, -0.25) is 24.4 Å². The van der Waals surface area contributed by atoms with E-state index in [0.29, 0.717) is 25.3 Å². The quantitative estimate of drug-likeness (QED) is 0.184. The molecule has 1 saturated heterocycles. The number of alkyl halides is 2. The van der Waals surface area contributed by atoms with Crippen molar-refractivity contribution in [1.82, 2.24) is 20.9 Å². The number of methoxy groups -OCH3 is 1. The predicted octanol–water partition coefficient (Wildman–Crippen LogP) is 7.28. The standard InChI is InChI=1S/C46H56F2N6O5/c1-25(2)41(44(56)51-24-38(47)48)52-43(55)40-32-17-16-31(19-32)39(40)36-21-34(23-50-36)30-14-10-28(11-15-30)27-8-12-29(13-9-27)33-20-35(49-22-33)37-7-6-18-54(37)45(57)42(26(3)4)53-46(58)59-5/h8-15,22-23,25-26,31-32,37-42H,6-7,16-21,24H2,1-5H3,(H,51,56)(H,52,55)(H,53,58)/t31?,32?,37-,39?,40+,41+,42-/m0/s1. The molecule has 2 saturated carbocycles. The molecular formula is C46H56F2N6O5. The number of fused-ring (bicyclic) bond motifs is 2. The number of hydrogen-bond donors (Lipinski definition) is 3. The van der Waals surface area contributed by atoms with Crippen LogP contribution in [-0.4, -0.2) is 84.9 Å². The highest BCUT2D eigenvalue weighted by atomic mass is 19.3. The zero-order valence-corrected chi connectivity index (χ0v) is 34.5. The molecule has 59 heavy (non-hydrogen) atoms.